The van der Waals surface area contributed by atoms with Gasteiger partial charge >= 0.3 is 5.97 Å². The summed E-state index contributed by atoms with van der Waals surface area (Å²) in [5.74, 6) is -2.14. The summed E-state index contributed by atoms with van der Waals surface area (Å²) >= 11 is 0. The van der Waals surface area contributed by atoms with Crippen molar-refractivity contribution in [2.24, 2.45) is 0 Å². The van der Waals surface area contributed by atoms with Crippen LogP contribution in [-0.2, 0) is 9.53 Å². The quantitative estimate of drug-likeness (QED) is 0.374. The van der Waals surface area contributed by atoms with E-state index in [-0.39, 0.29) is 16.8 Å². The smallest absolute Gasteiger partial charge is 0.339 e. The van der Waals surface area contributed by atoms with Crippen LogP contribution in [0.1, 0.15) is 26.4 Å². The van der Waals surface area contributed by atoms with E-state index in [9.17, 15) is 24.5 Å². The fourth-order valence-electron chi connectivity index (χ4n) is 2.65. The van der Waals surface area contributed by atoms with Gasteiger partial charge in [-0.15, -0.1) is 0 Å². The van der Waals surface area contributed by atoms with Crippen molar-refractivity contribution in [1.82, 2.24) is 15.8 Å². The number of aryl methyl sites for hydroxylation is 1. The third-order valence-electron chi connectivity index (χ3n) is 4.05. The summed E-state index contributed by atoms with van der Waals surface area (Å²) in [7, 11) is 0. The standard InChI is InChI=1S/C20H16N4O6/c1-12-10-16(15-4-2-3-5-17(15)21-12)20(27)30-11-18(25)22-23-19(26)13-6-8-14(9-7-13)24(28)29/h2-10H,11H2,1H3,(H,22,25)(H,23,26). The molecule has 0 bridgehead atoms. The second-order valence-corrected chi connectivity index (χ2v) is 6.21. The molecule has 10 nitrogen and oxygen atoms in total. The lowest BCUT2D eigenvalue weighted by atomic mass is 10.1. The van der Waals surface area contributed by atoms with Crippen molar-refractivity contribution in [3.05, 3.63) is 81.5 Å². The molecule has 0 saturated carbocycles. The summed E-state index contributed by atoms with van der Waals surface area (Å²) in [4.78, 5) is 50.6. The predicted molar refractivity (Wildman–Crippen MR) is 105 cm³/mol. The van der Waals surface area contributed by atoms with E-state index in [4.69, 9.17) is 4.74 Å². The number of esters is 1. The van der Waals surface area contributed by atoms with Gasteiger partial charge in [-0.05, 0) is 31.2 Å². The van der Waals surface area contributed by atoms with Crippen LogP contribution in [0.25, 0.3) is 10.9 Å². The third-order valence-corrected chi connectivity index (χ3v) is 4.05. The molecule has 1 heterocycles. The highest BCUT2D eigenvalue weighted by atomic mass is 16.6. The molecule has 0 saturated heterocycles. The van der Waals surface area contributed by atoms with Gasteiger partial charge in [-0.1, -0.05) is 18.2 Å². The number of rotatable bonds is 5. The summed E-state index contributed by atoms with van der Waals surface area (Å²) in [6, 6.07) is 13.4. The first kappa shape index (κ1) is 20.4. The van der Waals surface area contributed by atoms with Crippen LogP contribution in [0, 0.1) is 17.0 Å². The zero-order valence-corrected chi connectivity index (χ0v) is 15.7. The van der Waals surface area contributed by atoms with Gasteiger partial charge in [-0.2, -0.15) is 0 Å². The van der Waals surface area contributed by atoms with E-state index < -0.39 is 29.3 Å². The molecule has 2 amide bonds. The first-order valence-corrected chi connectivity index (χ1v) is 8.72. The molecule has 2 N–H and O–H groups in total. The van der Waals surface area contributed by atoms with Gasteiger partial charge in [-0.3, -0.25) is 35.5 Å². The Morgan fingerprint density at radius 3 is 2.47 bits per heavy atom. The van der Waals surface area contributed by atoms with Crippen LogP contribution in [-0.4, -0.2) is 34.3 Å². The number of nitrogens with one attached hydrogen (secondary N) is 2. The number of nitro groups is 1. The van der Waals surface area contributed by atoms with E-state index >= 15 is 0 Å². The molecule has 2 aromatic carbocycles. The second kappa shape index (κ2) is 8.78. The van der Waals surface area contributed by atoms with Gasteiger partial charge < -0.3 is 4.74 Å². The number of non-ortho nitro benzene ring substituents is 1. The molecule has 0 fully saturated rings. The van der Waals surface area contributed by atoms with Crippen LogP contribution in [0.2, 0.25) is 0 Å². The summed E-state index contributed by atoms with van der Waals surface area (Å²) < 4.78 is 5.03. The zero-order chi connectivity index (χ0) is 21.7. The third kappa shape index (κ3) is 4.73. The average Bonchev–Trinajstić information content (AvgIpc) is 2.75. The van der Waals surface area contributed by atoms with Gasteiger partial charge in [0.2, 0.25) is 0 Å². The minimum absolute atomic E-state index is 0.108. The zero-order valence-electron chi connectivity index (χ0n) is 15.7. The molecule has 3 rings (SSSR count). The van der Waals surface area contributed by atoms with Crippen LogP contribution in [0.15, 0.2) is 54.6 Å². The number of fused-ring (bicyclic) bond motifs is 1. The van der Waals surface area contributed by atoms with Gasteiger partial charge in [0.05, 0.1) is 16.0 Å². The van der Waals surface area contributed by atoms with Gasteiger partial charge in [0.1, 0.15) is 0 Å². The average molecular weight is 408 g/mol. The summed E-state index contributed by atoms with van der Waals surface area (Å²) in [6.07, 6.45) is 0. The Kier molecular flexibility index (Phi) is 5.97. The lowest BCUT2D eigenvalue weighted by Gasteiger charge is -2.10. The summed E-state index contributed by atoms with van der Waals surface area (Å²) in [6.45, 7) is 1.12. The van der Waals surface area contributed by atoms with E-state index in [2.05, 4.69) is 15.8 Å². The van der Waals surface area contributed by atoms with Crippen molar-refractivity contribution < 1.29 is 24.0 Å². The fourth-order valence-corrected chi connectivity index (χ4v) is 2.65. The number of hydrazine groups is 1. The molecule has 1 aromatic heterocycles. The molecule has 30 heavy (non-hydrogen) atoms. The van der Waals surface area contributed by atoms with Crippen molar-refractivity contribution in [2.45, 2.75) is 6.92 Å². The van der Waals surface area contributed by atoms with E-state index in [1.54, 1.807) is 37.3 Å². The van der Waals surface area contributed by atoms with Crippen molar-refractivity contribution in [2.75, 3.05) is 6.61 Å². The lowest BCUT2D eigenvalue weighted by Crippen LogP contribution is -2.43. The number of ether oxygens (including phenoxy) is 1. The van der Waals surface area contributed by atoms with E-state index in [1.165, 1.54) is 24.3 Å². The molecule has 0 unspecified atom stereocenters. The molecule has 0 atom stereocenters. The predicted octanol–water partition coefficient (Wildman–Crippen LogP) is 2.07. The SMILES string of the molecule is Cc1cc(C(=O)OCC(=O)NNC(=O)c2ccc([N+](=O)[O-])cc2)c2ccccc2n1. The number of carbonyl (C=O) groups is 3. The van der Waals surface area contributed by atoms with E-state index in [1.807, 2.05) is 0 Å². The number of hydrogen-bond acceptors (Lipinski definition) is 7. The number of carbonyl (C=O) groups excluding carboxylic acids is 3. The minimum Gasteiger partial charge on any atom is -0.452 e. The second-order valence-electron chi connectivity index (χ2n) is 6.21. The minimum atomic E-state index is -0.756. The van der Waals surface area contributed by atoms with Crippen molar-refractivity contribution in [1.29, 1.82) is 0 Å². The van der Waals surface area contributed by atoms with Crippen LogP contribution in [0.3, 0.4) is 0 Å². The number of aromatic nitrogens is 1. The van der Waals surface area contributed by atoms with Crippen molar-refractivity contribution in [3.8, 4) is 0 Å². The molecular weight excluding hydrogens is 392 g/mol. The Morgan fingerprint density at radius 1 is 1.07 bits per heavy atom. The van der Waals surface area contributed by atoms with Crippen molar-refractivity contribution >= 4 is 34.4 Å². The molecule has 0 aliphatic heterocycles. The van der Waals surface area contributed by atoms with E-state index in [0.29, 0.717) is 16.6 Å². The van der Waals surface area contributed by atoms with E-state index in [0.717, 1.165) is 0 Å². The number of amides is 2. The first-order valence-electron chi connectivity index (χ1n) is 8.72. The molecule has 10 heteroatoms. The number of pyridine rings is 1. The Balaban J connectivity index is 1.55. The Hall–Kier alpha value is -4.34. The number of benzene rings is 2. The molecular formula is C20H16N4O6. The maximum Gasteiger partial charge on any atom is 0.339 e. The topological polar surface area (TPSA) is 141 Å². The molecule has 0 radical (unpaired) electrons. The maximum absolute atomic E-state index is 12.4. The van der Waals surface area contributed by atoms with Gasteiger partial charge in [0.15, 0.2) is 6.61 Å². The Morgan fingerprint density at radius 2 is 1.77 bits per heavy atom. The normalized spacial score (nSPS) is 10.3. The highest BCUT2D eigenvalue weighted by molar-refractivity contribution is 6.04. The molecule has 3 aromatic rings. The summed E-state index contributed by atoms with van der Waals surface area (Å²) in [5.41, 5.74) is 5.73. The molecule has 152 valence electrons. The van der Waals surface area contributed by atoms with Crippen LogP contribution < -0.4 is 10.9 Å². The molecule has 0 spiro atoms. The van der Waals surface area contributed by atoms with Crippen LogP contribution in [0.5, 0.6) is 0 Å². The van der Waals surface area contributed by atoms with Crippen molar-refractivity contribution in [3.63, 3.8) is 0 Å². The van der Waals surface area contributed by atoms with Crippen LogP contribution in [0.4, 0.5) is 5.69 Å². The summed E-state index contributed by atoms with van der Waals surface area (Å²) in [5, 5.41) is 11.2. The van der Waals surface area contributed by atoms with Gasteiger partial charge in [-0.25, -0.2) is 4.79 Å². The highest BCUT2D eigenvalue weighted by Gasteiger charge is 2.16. The van der Waals surface area contributed by atoms with Crippen LogP contribution >= 0.6 is 0 Å². The number of nitro benzene ring substituents is 1. The largest absolute Gasteiger partial charge is 0.452 e. The van der Waals surface area contributed by atoms with Gasteiger partial charge in [0, 0.05) is 28.8 Å². The molecule has 0 aliphatic rings. The molecule has 0 aliphatic carbocycles. The Labute approximate surface area is 170 Å². The number of para-hydroxylation sites is 1. The maximum atomic E-state index is 12.4. The number of nitrogens with zero attached hydrogens (tertiary/aromatic N) is 2. The fraction of sp³-hybridized carbons (Fsp3) is 0.100. The highest BCUT2D eigenvalue weighted by Crippen LogP contribution is 2.19. The Bertz CT molecular complexity index is 1140. The van der Waals surface area contributed by atoms with Gasteiger partial charge in [0.25, 0.3) is 17.5 Å². The lowest BCUT2D eigenvalue weighted by molar-refractivity contribution is -0.384. The first-order chi connectivity index (χ1) is 14.3. The monoisotopic (exact) mass is 408 g/mol. The number of hydrogen-bond donors (Lipinski definition) is 2.